The van der Waals surface area contributed by atoms with Crippen LogP contribution in [0.1, 0.15) is 33.2 Å². The molecule has 2 N–H and O–H groups in total. The van der Waals surface area contributed by atoms with E-state index in [0.29, 0.717) is 18.7 Å². The smallest absolute Gasteiger partial charge is 0.273 e. The molecule has 0 aliphatic carbocycles. The highest BCUT2D eigenvalue weighted by Crippen LogP contribution is 2.45. The maximum atomic E-state index is 13.7. The molecule has 6 rings (SSSR count). The van der Waals surface area contributed by atoms with Crippen molar-refractivity contribution in [2.24, 2.45) is 0 Å². The van der Waals surface area contributed by atoms with E-state index in [9.17, 15) is 4.79 Å². The van der Waals surface area contributed by atoms with Crippen molar-refractivity contribution in [3.63, 3.8) is 0 Å². The average molecular weight is 479 g/mol. The van der Waals surface area contributed by atoms with Crippen LogP contribution in [0.25, 0.3) is 22.2 Å². The minimum Gasteiger partial charge on any atom is -0.497 e. The number of aromatic nitrogens is 3. The summed E-state index contributed by atoms with van der Waals surface area (Å²) in [6.07, 6.45) is 2.70. The SMILES string of the molecule is COc1ccc2[nH]cc(CCN3C(=O)c4[nH]nc(-c5ccccc5)c4C3c3ccccc3OC)c2c1. The summed E-state index contributed by atoms with van der Waals surface area (Å²) in [6, 6.07) is 23.5. The summed E-state index contributed by atoms with van der Waals surface area (Å²) >= 11 is 0. The Morgan fingerprint density at radius 2 is 1.78 bits per heavy atom. The minimum absolute atomic E-state index is 0.0620. The van der Waals surface area contributed by atoms with E-state index in [1.54, 1.807) is 14.2 Å². The van der Waals surface area contributed by atoms with Gasteiger partial charge in [-0.1, -0.05) is 48.5 Å². The first-order chi connectivity index (χ1) is 17.7. The van der Waals surface area contributed by atoms with E-state index in [2.05, 4.69) is 15.2 Å². The van der Waals surface area contributed by atoms with E-state index in [0.717, 1.165) is 50.3 Å². The van der Waals surface area contributed by atoms with Crippen molar-refractivity contribution < 1.29 is 14.3 Å². The first kappa shape index (κ1) is 22.0. The fourth-order valence-electron chi connectivity index (χ4n) is 5.19. The number of carbonyl (C=O) groups is 1. The average Bonchev–Trinajstić information content (AvgIpc) is 3.61. The lowest BCUT2D eigenvalue weighted by molar-refractivity contribution is 0.0744. The Kier molecular flexibility index (Phi) is 5.45. The number of fused-ring (bicyclic) bond motifs is 2. The van der Waals surface area contributed by atoms with E-state index in [4.69, 9.17) is 9.47 Å². The second-order valence-corrected chi connectivity index (χ2v) is 8.85. The molecule has 7 heteroatoms. The number of nitrogens with zero attached hydrogens (tertiary/aromatic N) is 2. The van der Waals surface area contributed by atoms with Crippen LogP contribution in [0, 0.1) is 0 Å². The maximum Gasteiger partial charge on any atom is 0.273 e. The molecule has 1 atom stereocenters. The fourth-order valence-corrected chi connectivity index (χ4v) is 5.19. The van der Waals surface area contributed by atoms with Gasteiger partial charge >= 0.3 is 0 Å². The summed E-state index contributed by atoms with van der Waals surface area (Å²) in [5.41, 5.74) is 6.28. The number of para-hydroxylation sites is 1. The van der Waals surface area contributed by atoms with Gasteiger partial charge in [0.15, 0.2) is 0 Å². The number of hydrogen-bond donors (Lipinski definition) is 2. The normalized spacial score (nSPS) is 14.9. The molecule has 36 heavy (non-hydrogen) atoms. The third-order valence-corrected chi connectivity index (χ3v) is 6.94. The van der Waals surface area contributed by atoms with Crippen LogP contribution in [0.2, 0.25) is 0 Å². The number of hydrogen-bond acceptors (Lipinski definition) is 4. The van der Waals surface area contributed by atoms with Gasteiger partial charge in [0.1, 0.15) is 17.2 Å². The Bertz CT molecular complexity index is 1550. The Morgan fingerprint density at radius 3 is 2.58 bits per heavy atom. The summed E-state index contributed by atoms with van der Waals surface area (Å²) in [4.78, 5) is 19.0. The van der Waals surface area contributed by atoms with Gasteiger partial charge in [-0.15, -0.1) is 0 Å². The zero-order valence-corrected chi connectivity index (χ0v) is 20.1. The summed E-state index contributed by atoms with van der Waals surface area (Å²) < 4.78 is 11.2. The monoisotopic (exact) mass is 478 g/mol. The second kappa shape index (κ2) is 8.92. The van der Waals surface area contributed by atoms with Crippen molar-refractivity contribution in [3.05, 3.63) is 101 Å². The van der Waals surface area contributed by atoms with Crippen LogP contribution < -0.4 is 9.47 Å². The second-order valence-electron chi connectivity index (χ2n) is 8.85. The molecule has 0 saturated carbocycles. The predicted octanol–water partition coefficient (Wildman–Crippen LogP) is 5.36. The van der Waals surface area contributed by atoms with Crippen molar-refractivity contribution >= 4 is 16.8 Å². The summed E-state index contributed by atoms with van der Waals surface area (Å²) in [5.74, 6) is 1.49. The molecule has 0 bridgehead atoms. The molecule has 3 aromatic carbocycles. The van der Waals surface area contributed by atoms with E-state index in [-0.39, 0.29) is 11.9 Å². The molecule has 2 aromatic heterocycles. The van der Waals surface area contributed by atoms with E-state index in [1.165, 1.54) is 0 Å². The number of rotatable bonds is 7. The Labute approximate surface area is 208 Å². The highest BCUT2D eigenvalue weighted by atomic mass is 16.5. The molecule has 1 aliphatic heterocycles. The maximum absolute atomic E-state index is 13.7. The van der Waals surface area contributed by atoms with Crippen LogP contribution in [0.4, 0.5) is 0 Å². The van der Waals surface area contributed by atoms with Crippen molar-refractivity contribution in [1.29, 1.82) is 0 Å². The molecule has 0 fully saturated rings. The number of benzene rings is 3. The number of nitrogens with one attached hydrogen (secondary N) is 2. The molecule has 3 heterocycles. The Hall–Kier alpha value is -4.52. The lowest BCUT2D eigenvalue weighted by atomic mass is 9.95. The highest BCUT2D eigenvalue weighted by molar-refractivity contribution is 6.00. The predicted molar refractivity (Wildman–Crippen MR) is 138 cm³/mol. The third kappa shape index (κ3) is 3.51. The Balaban J connectivity index is 1.42. The van der Waals surface area contributed by atoms with Gasteiger partial charge in [0.2, 0.25) is 0 Å². The van der Waals surface area contributed by atoms with E-state index in [1.807, 2.05) is 83.9 Å². The quantitative estimate of drug-likeness (QED) is 0.330. The number of aromatic amines is 2. The molecular formula is C29H26N4O3. The Morgan fingerprint density at radius 1 is 0.972 bits per heavy atom. The molecule has 0 spiro atoms. The topological polar surface area (TPSA) is 83.2 Å². The van der Waals surface area contributed by atoms with Crippen LogP contribution in [-0.2, 0) is 6.42 Å². The zero-order valence-electron chi connectivity index (χ0n) is 20.1. The van der Waals surface area contributed by atoms with Crippen LogP contribution in [0.5, 0.6) is 11.5 Å². The molecule has 0 saturated heterocycles. The standard InChI is InChI=1S/C29H26N4O3/c1-35-20-12-13-23-22(16-20)19(17-30-23)14-15-33-28(21-10-6-7-11-24(21)36-2)25-26(18-8-4-3-5-9-18)31-32-27(25)29(33)34/h3-13,16-17,28,30H,14-15H2,1-2H3,(H,31,32). The largest absolute Gasteiger partial charge is 0.497 e. The van der Waals surface area contributed by atoms with Gasteiger partial charge in [0.25, 0.3) is 5.91 Å². The van der Waals surface area contributed by atoms with E-state index >= 15 is 0 Å². The number of amides is 1. The van der Waals surface area contributed by atoms with Gasteiger partial charge < -0.3 is 19.4 Å². The van der Waals surface area contributed by atoms with Crippen molar-refractivity contribution in [2.45, 2.75) is 12.5 Å². The van der Waals surface area contributed by atoms with Crippen LogP contribution in [0.15, 0.2) is 79.0 Å². The van der Waals surface area contributed by atoms with Crippen molar-refractivity contribution in [2.75, 3.05) is 20.8 Å². The van der Waals surface area contributed by atoms with Gasteiger partial charge in [-0.2, -0.15) is 5.10 Å². The van der Waals surface area contributed by atoms with Crippen LogP contribution in [0.3, 0.4) is 0 Å². The number of carbonyl (C=O) groups excluding carboxylic acids is 1. The summed E-state index contributed by atoms with van der Waals surface area (Å²) in [5, 5.41) is 8.69. The molecule has 1 amide bonds. The molecular weight excluding hydrogens is 452 g/mol. The lowest BCUT2D eigenvalue weighted by Crippen LogP contribution is -2.31. The number of ether oxygens (including phenoxy) is 2. The molecule has 1 unspecified atom stereocenters. The van der Waals surface area contributed by atoms with Gasteiger partial charge in [-0.05, 0) is 36.2 Å². The minimum atomic E-state index is -0.322. The number of H-pyrrole nitrogens is 2. The zero-order chi connectivity index (χ0) is 24.6. The van der Waals surface area contributed by atoms with Gasteiger partial charge in [-0.3, -0.25) is 9.89 Å². The molecule has 0 radical (unpaired) electrons. The van der Waals surface area contributed by atoms with Crippen molar-refractivity contribution in [3.8, 4) is 22.8 Å². The van der Waals surface area contributed by atoms with Gasteiger partial charge in [0, 0.05) is 40.3 Å². The lowest BCUT2D eigenvalue weighted by Gasteiger charge is -2.27. The molecule has 180 valence electrons. The molecule has 1 aliphatic rings. The third-order valence-electron chi connectivity index (χ3n) is 6.94. The summed E-state index contributed by atoms with van der Waals surface area (Å²) in [7, 11) is 3.33. The van der Waals surface area contributed by atoms with Crippen LogP contribution in [-0.4, -0.2) is 46.8 Å². The molecule has 5 aromatic rings. The van der Waals surface area contributed by atoms with Gasteiger partial charge in [0.05, 0.1) is 26.0 Å². The van der Waals surface area contributed by atoms with Gasteiger partial charge in [-0.25, -0.2) is 0 Å². The highest BCUT2D eigenvalue weighted by Gasteiger charge is 2.43. The first-order valence-corrected chi connectivity index (χ1v) is 11.9. The van der Waals surface area contributed by atoms with Crippen molar-refractivity contribution in [1.82, 2.24) is 20.1 Å². The number of methoxy groups -OCH3 is 2. The van der Waals surface area contributed by atoms with E-state index < -0.39 is 0 Å². The van der Waals surface area contributed by atoms with Crippen LogP contribution >= 0.6 is 0 Å². The summed E-state index contributed by atoms with van der Waals surface area (Å²) in [6.45, 7) is 0.530. The first-order valence-electron chi connectivity index (χ1n) is 11.9. The fraction of sp³-hybridized carbons (Fsp3) is 0.172. The molecule has 7 nitrogen and oxygen atoms in total.